The molecule has 0 radical (unpaired) electrons. The van der Waals surface area contributed by atoms with Crippen LogP contribution in [-0.4, -0.2) is 38.5 Å². The Bertz CT molecular complexity index is 545. The normalized spacial score (nSPS) is 27.5. The molecule has 24 heavy (non-hydrogen) atoms. The fourth-order valence-corrected chi connectivity index (χ4v) is 3.86. The van der Waals surface area contributed by atoms with Crippen molar-refractivity contribution in [1.82, 2.24) is 10.6 Å². The Kier molecular flexibility index (Phi) is 5.79. The van der Waals surface area contributed by atoms with Gasteiger partial charge in [0, 0.05) is 32.1 Å². The highest BCUT2D eigenvalue weighted by Gasteiger charge is 2.38. The summed E-state index contributed by atoms with van der Waals surface area (Å²) in [5.74, 6) is 2.08. The van der Waals surface area contributed by atoms with Crippen molar-refractivity contribution < 1.29 is 18.7 Å². The quantitative estimate of drug-likeness (QED) is 0.838. The molecule has 2 N–H and O–H groups in total. The monoisotopic (exact) mass is 336 g/mol. The van der Waals surface area contributed by atoms with E-state index in [1.165, 1.54) is 0 Å². The predicted molar refractivity (Wildman–Crippen MR) is 89.9 cm³/mol. The molecule has 2 amide bonds. The van der Waals surface area contributed by atoms with Crippen LogP contribution >= 0.6 is 0 Å². The first-order valence-corrected chi connectivity index (χ1v) is 8.97. The van der Waals surface area contributed by atoms with E-state index >= 15 is 0 Å². The zero-order valence-corrected chi connectivity index (χ0v) is 14.5. The van der Waals surface area contributed by atoms with Crippen LogP contribution in [0.4, 0.5) is 4.79 Å². The predicted octanol–water partition coefficient (Wildman–Crippen LogP) is 2.79. The summed E-state index contributed by atoms with van der Waals surface area (Å²) in [6.07, 6.45) is 5.42. The summed E-state index contributed by atoms with van der Waals surface area (Å²) >= 11 is 0. The minimum absolute atomic E-state index is 0.163. The van der Waals surface area contributed by atoms with Crippen LogP contribution in [0.1, 0.15) is 50.2 Å². The second kappa shape index (κ2) is 8.03. The van der Waals surface area contributed by atoms with E-state index in [1.807, 2.05) is 19.1 Å². The molecular formula is C18H28N2O4. The van der Waals surface area contributed by atoms with Gasteiger partial charge in [-0.1, -0.05) is 6.92 Å². The zero-order chi connectivity index (χ0) is 16.9. The van der Waals surface area contributed by atoms with Gasteiger partial charge >= 0.3 is 6.03 Å². The van der Waals surface area contributed by atoms with Crippen molar-refractivity contribution in [2.75, 3.05) is 20.3 Å². The number of rotatable bonds is 6. The highest BCUT2D eigenvalue weighted by molar-refractivity contribution is 5.74. The Balaban J connectivity index is 1.58. The van der Waals surface area contributed by atoms with E-state index in [4.69, 9.17) is 13.9 Å². The average Bonchev–Trinajstić information content (AvgIpc) is 3.24. The van der Waals surface area contributed by atoms with Crippen LogP contribution in [-0.2, 0) is 15.9 Å². The molecule has 6 heteroatoms. The van der Waals surface area contributed by atoms with E-state index in [9.17, 15) is 4.79 Å². The van der Waals surface area contributed by atoms with Crippen LogP contribution in [0, 0.1) is 5.92 Å². The number of aryl methyl sites for hydroxylation is 1. The molecule has 1 aromatic heterocycles. The van der Waals surface area contributed by atoms with Gasteiger partial charge in [0.25, 0.3) is 0 Å². The lowest BCUT2D eigenvalue weighted by Gasteiger charge is -2.33. The minimum Gasteiger partial charge on any atom is -0.464 e. The van der Waals surface area contributed by atoms with Gasteiger partial charge in [-0.15, -0.1) is 0 Å². The lowest BCUT2D eigenvalue weighted by Crippen LogP contribution is -2.50. The van der Waals surface area contributed by atoms with Gasteiger partial charge in [0.15, 0.2) is 0 Å². The highest BCUT2D eigenvalue weighted by atomic mass is 16.5. The van der Waals surface area contributed by atoms with Crippen molar-refractivity contribution in [3.63, 3.8) is 0 Å². The molecule has 2 fully saturated rings. The Labute approximate surface area is 143 Å². The van der Waals surface area contributed by atoms with Crippen molar-refractivity contribution in [2.24, 2.45) is 5.92 Å². The topological polar surface area (TPSA) is 72.7 Å². The molecule has 0 spiro atoms. The SMILES string of the molecule is CCc1ccc([C@H](COC)NC(=O)N[C@@H]2CCC[C@H]3OCC[C@@H]23)o1. The summed E-state index contributed by atoms with van der Waals surface area (Å²) in [6, 6.07) is 3.60. The first-order chi connectivity index (χ1) is 11.7. The van der Waals surface area contributed by atoms with E-state index in [-0.39, 0.29) is 18.1 Å². The van der Waals surface area contributed by atoms with Gasteiger partial charge in [-0.05, 0) is 37.8 Å². The molecular weight excluding hydrogens is 308 g/mol. The first-order valence-electron chi connectivity index (χ1n) is 8.97. The lowest BCUT2D eigenvalue weighted by molar-refractivity contribution is 0.0547. The zero-order valence-electron chi connectivity index (χ0n) is 14.5. The van der Waals surface area contributed by atoms with Crippen molar-refractivity contribution in [2.45, 2.75) is 57.2 Å². The lowest BCUT2D eigenvalue weighted by atomic mass is 9.82. The Morgan fingerprint density at radius 2 is 2.25 bits per heavy atom. The smallest absolute Gasteiger partial charge is 0.315 e. The second-order valence-corrected chi connectivity index (χ2v) is 6.68. The molecule has 1 saturated carbocycles. The summed E-state index contributed by atoms with van der Waals surface area (Å²) in [6.45, 7) is 3.23. The van der Waals surface area contributed by atoms with E-state index in [0.717, 1.165) is 50.2 Å². The summed E-state index contributed by atoms with van der Waals surface area (Å²) in [7, 11) is 1.62. The fraction of sp³-hybridized carbons (Fsp3) is 0.722. The third-order valence-corrected chi connectivity index (χ3v) is 5.11. The number of methoxy groups -OCH3 is 1. The van der Waals surface area contributed by atoms with Crippen molar-refractivity contribution in [3.8, 4) is 0 Å². The Morgan fingerprint density at radius 1 is 1.38 bits per heavy atom. The molecule has 1 aliphatic carbocycles. The molecule has 2 heterocycles. The van der Waals surface area contributed by atoms with Gasteiger partial charge in [-0.2, -0.15) is 0 Å². The van der Waals surface area contributed by atoms with Crippen molar-refractivity contribution >= 4 is 6.03 Å². The Hall–Kier alpha value is -1.53. The standard InChI is InChI=1S/C18H28N2O4/c1-3-12-7-8-17(24-12)15(11-22-2)20-18(21)19-14-5-4-6-16-13(14)9-10-23-16/h7-8,13-16H,3-6,9-11H2,1-2H3,(H2,19,20,21)/t13-,14+,15-,16+/m0/s1. The summed E-state index contributed by atoms with van der Waals surface area (Å²) in [5.41, 5.74) is 0. The van der Waals surface area contributed by atoms with Crippen molar-refractivity contribution in [1.29, 1.82) is 0 Å². The third kappa shape index (κ3) is 3.92. The molecule has 1 aromatic rings. The van der Waals surface area contributed by atoms with E-state index in [2.05, 4.69) is 10.6 Å². The maximum atomic E-state index is 12.5. The third-order valence-electron chi connectivity index (χ3n) is 5.11. The molecule has 2 aliphatic rings. The summed E-state index contributed by atoms with van der Waals surface area (Å²) in [5, 5.41) is 6.13. The van der Waals surface area contributed by atoms with Gasteiger partial charge in [0.2, 0.25) is 0 Å². The van der Waals surface area contributed by atoms with Gasteiger partial charge in [-0.3, -0.25) is 0 Å². The van der Waals surface area contributed by atoms with Crippen molar-refractivity contribution in [3.05, 3.63) is 23.7 Å². The molecule has 3 rings (SSSR count). The van der Waals surface area contributed by atoms with E-state index in [0.29, 0.717) is 18.6 Å². The van der Waals surface area contributed by atoms with Crippen LogP contribution in [0.3, 0.4) is 0 Å². The maximum absolute atomic E-state index is 12.5. The second-order valence-electron chi connectivity index (χ2n) is 6.68. The van der Waals surface area contributed by atoms with Gasteiger partial charge in [0.1, 0.15) is 17.6 Å². The molecule has 0 bridgehead atoms. The maximum Gasteiger partial charge on any atom is 0.315 e. The van der Waals surface area contributed by atoms with Crippen LogP contribution in [0.5, 0.6) is 0 Å². The molecule has 0 unspecified atom stereocenters. The van der Waals surface area contributed by atoms with E-state index < -0.39 is 0 Å². The summed E-state index contributed by atoms with van der Waals surface area (Å²) in [4.78, 5) is 12.5. The summed E-state index contributed by atoms with van der Waals surface area (Å²) < 4.78 is 16.8. The molecule has 6 nitrogen and oxygen atoms in total. The minimum atomic E-state index is -0.283. The number of carbonyl (C=O) groups excluding carboxylic acids is 1. The number of furan rings is 1. The van der Waals surface area contributed by atoms with Crippen LogP contribution in [0.2, 0.25) is 0 Å². The number of hydrogen-bond acceptors (Lipinski definition) is 4. The van der Waals surface area contributed by atoms with Crippen LogP contribution in [0.25, 0.3) is 0 Å². The number of urea groups is 1. The Morgan fingerprint density at radius 3 is 3.00 bits per heavy atom. The highest BCUT2D eigenvalue weighted by Crippen LogP contribution is 2.34. The number of ether oxygens (including phenoxy) is 2. The van der Waals surface area contributed by atoms with Gasteiger partial charge in [0.05, 0.1) is 12.7 Å². The number of hydrogen-bond donors (Lipinski definition) is 2. The first kappa shape index (κ1) is 17.3. The number of fused-ring (bicyclic) bond motifs is 1. The largest absolute Gasteiger partial charge is 0.464 e. The van der Waals surface area contributed by atoms with Crippen LogP contribution < -0.4 is 10.6 Å². The van der Waals surface area contributed by atoms with Crippen LogP contribution in [0.15, 0.2) is 16.5 Å². The molecule has 1 saturated heterocycles. The van der Waals surface area contributed by atoms with E-state index in [1.54, 1.807) is 7.11 Å². The average molecular weight is 336 g/mol. The van der Waals surface area contributed by atoms with Gasteiger partial charge < -0.3 is 24.5 Å². The molecule has 134 valence electrons. The molecule has 0 aromatic carbocycles. The number of carbonyl (C=O) groups is 1. The number of amides is 2. The van der Waals surface area contributed by atoms with Gasteiger partial charge in [-0.25, -0.2) is 4.79 Å². The fourth-order valence-electron chi connectivity index (χ4n) is 3.86. The molecule has 1 aliphatic heterocycles. The molecule has 4 atom stereocenters. The number of nitrogens with one attached hydrogen (secondary N) is 2.